The van der Waals surface area contributed by atoms with Gasteiger partial charge in [0.25, 0.3) is 0 Å². The second kappa shape index (κ2) is 8.32. The normalized spacial score (nSPS) is 14.0. The van der Waals surface area contributed by atoms with E-state index in [1.54, 1.807) is 0 Å². The third kappa shape index (κ3) is 3.97. The van der Waals surface area contributed by atoms with Crippen LogP contribution in [0.3, 0.4) is 0 Å². The lowest BCUT2D eigenvalue weighted by molar-refractivity contribution is 0.303. The predicted octanol–water partition coefficient (Wildman–Crippen LogP) is 5.54. The Bertz CT molecular complexity index is 946. The number of hydrogen-bond donors (Lipinski definition) is 0. The van der Waals surface area contributed by atoms with Gasteiger partial charge in [0.1, 0.15) is 10.7 Å². The van der Waals surface area contributed by atoms with E-state index in [1.807, 2.05) is 24.3 Å². The molecule has 3 nitrogen and oxygen atoms in total. The number of hydrogen-bond acceptors (Lipinski definition) is 2. The highest BCUT2D eigenvalue weighted by molar-refractivity contribution is 7.80. The van der Waals surface area contributed by atoms with Gasteiger partial charge in [-0.3, -0.25) is 0 Å². The SMILES string of the molecule is S=C(c1cn(CCCOc2ccccc2Cl)c2ccccc12)N1CCCC1. The predicted molar refractivity (Wildman–Crippen MR) is 116 cm³/mol. The molecular weight excluding hydrogens is 376 g/mol. The number of ether oxygens (including phenoxy) is 1. The molecule has 1 fully saturated rings. The number of halogens is 1. The van der Waals surface area contributed by atoms with Crippen LogP contribution < -0.4 is 4.74 Å². The molecule has 0 saturated carbocycles. The van der Waals surface area contributed by atoms with Crippen LogP contribution in [-0.2, 0) is 6.54 Å². The van der Waals surface area contributed by atoms with Crippen LogP contribution in [0.5, 0.6) is 5.75 Å². The Hall–Kier alpha value is -2.04. The smallest absolute Gasteiger partial charge is 0.137 e. The maximum absolute atomic E-state index is 6.15. The maximum atomic E-state index is 6.15. The summed E-state index contributed by atoms with van der Waals surface area (Å²) >= 11 is 12.0. The number of nitrogens with zero attached hydrogens (tertiary/aromatic N) is 2. The molecule has 1 aliphatic heterocycles. The lowest BCUT2D eigenvalue weighted by atomic mass is 10.1. The summed E-state index contributed by atoms with van der Waals surface area (Å²) < 4.78 is 8.12. The van der Waals surface area contributed by atoms with Gasteiger partial charge >= 0.3 is 0 Å². The fourth-order valence-electron chi connectivity index (χ4n) is 3.67. The first-order valence-corrected chi connectivity index (χ1v) is 10.3. The first-order chi connectivity index (χ1) is 13.2. The van der Waals surface area contributed by atoms with Crippen LogP contribution in [0.2, 0.25) is 5.02 Å². The summed E-state index contributed by atoms with van der Waals surface area (Å²) in [7, 11) is 0. The summed E-state index contributed by atoms with van der Waals surface area (Å²) in [5, 5.41) is 1.89. The molecular formula is C22H23ClN2OS. The minimum absolute atomic E-state index is 0.627. The number of thiocarbonyl (C=S) groups is 1. The van der Waals surface area contributed by atoms with Crippen molar-refractivity contribution < 1.29 is 4.74 Å². The van der Waals surface area contributed by atoms with E-state index in [-0.39, 0.29) is 0 Å². The number of aryl methyl sites for hydroxylation is 1. The molecule has 1 saturated heterocycles. The van der Waals surface area contributed by atoms with E-state index in [1.165, 1.54) is 29.3 Å². The lowest BCUT2D eigenvalue weighted by Gasteiger charge is -2.17. The summed E-state index contributed by atoms with van der Waals surface area (Å²) in [6.45, 7) is 3.66. The average Bonchev–Trinajstić information content (AvgIpc) is 3.35. The van der Waals surface area contributed by atoms with E-state index >= 15 is 0 Å². The summed E-state index contributed by atoms with van der Waals surface area (Å²) in [5.41, 5.74) is 2.40. The Morgan fingerprint density at radius 1 is 1.04 bits per heavy atom. The fourth-order valence-corrected chi connectivity index (χ4v) is 4.21. The van der Waals surface area contributed by atoms with Crippen molar-refractivity contribution in [2.24, 2.45) is 0 Å². The molecule has 0 unspecified atom stereocenters. The van der Waals surface area contributed by atoms with Gasteiger partial charge in [0.05, 0.1) is 11.6 Å². The number of fused-ring (bicyclic) bond motifs is 1. The molecule has 0 spiro atoms. The molecule has 0 radical (unpaired) electrons. The highest BCUT2D eigenvalue weighted by Crippen LogP contribution is 2.26. The number of benzene rings is 2. The molecule has 5 heteroatoms. The standard InChI is InChI=1S/C22H23ClN2OS/c23-19-9-2-4-11-21(19)26-15-7-14-25-16-18(17-8-1-3-10-20(17)25)22(27)24-12-5-6-13-24/h1-4,8-11,16H,5-7,12-15H2. The third-order valence-electron chi connectivity index (χ3n) is 5.05. The minimum Gasteiger partial charge on any atom is -0.492 e. The highest BCUT2D eigenvalue weighted by Gasteiger charge is 2.20. The van der Waals surface area contributed by atoms with Gasteiger partial charge in [-0.15, -0.1) is 0 Å². The summed E-state index contributed by atoms with van der Waals surface area (Å²) in [6.07, 6.45) is 5.58. The van der Waals surface area contributed by atoms with Crippen molar-refractivity contribution in [2.75, 3.05) is 19.7 Å². The van der Waals surface area contributed by atoms with Crippen LogP contribution in [0.25, 0.3) is 10.9 Å². The van der Waals surface area contributed by atoms with Gasteiger partial charge in [0, 0.05) is 42.3 Å². The highest BCUT2D eigenvalue weighted by atomic mass is 35.5. The first kappa shape index (κ1) is 18.3. The van der Waals surface area contributed by atoms with Gasteiger partial charge in [0.15, 0.2) is 0 Å². The molecule has 0 aliphatic carbocycles. The van der Waals surface area contributed by atoms with E-state index in [4.69, 9.17) is 28.6 Å². The molecule has 1 aliphatic rings. The molecule has 0 amide bonds. The van der Waals surface area contributed by atoms with Crippen LogP contribution >= 0.6 is 23.8 Å². The molecule has 2 aromatic carbocycles. The van der Waals surface area contributed by atoms with Crippen LogP contribution in [-0.4, -0.2) is 34.2 Å². The second-order valence-electron chi connectivity index (χ2n) is 6.89. The van der Waals surface area contributed by atoms with Crippen molar-refractivity contribution in [3.63, 3.8) is 0 Å². The van der Waals surface area contributed by atoms with Gasteiger partial charge in [-0.05, 0) is 37.5 Å². The van der Waals surface area contributed by atoms with Gasteiger partial charge < -0.3 is 14.2 Å². The molecule has 1 aromatic heterocycles. The second-order valence-corrected chi connectivity index (χ2v) is 7.68. The molecule has 3 aromatic rings. The Morgan fingerprint density at radius 3 is 2.59 bits per heavy atom. The molecule has 2 heterocycles. The quantitative estimate of drug-likeness (QED) is 0.401. The topological polar surface area (TPSA) is 17.4 Å². The number of likely N-dealkylation sites (tertiary alicyclic amines) is 1. The van der Waals surface area contributed by atoms with Crippen LogP contribution in [0.15, 0.2) is 54.7 Å². The van der Waals surface area contributed by atoms with Crippen molar-refractivity contribution in [1.29, 1.82) is 0 Å². The monoisotopic (exact) mass is 398 g/mol. The van der Waals surface area contributed by atoms with Crippen molar-refractivity contribution in [2.45, 2.75) is 25.8 Å². The van der Waals surface area contributed by atoms with Crippen molar-refractivity contribution in [3.05, 3.63) is 65.3 Å². The van der Waals surface area contributed by atoms with Gasteiger partial charge in [0.2, 0.25) is 0 Å². The Morgan fingerprint density at radius 2 is 1.78 bits per heavy atom. The van der Waals surface area contributed by atoms with Gasteiger partial charge in [-0.25, -0.2) is 0 Å². The van der Waals surface area contributed by atoms with E-state index < -0.39 is 0 Å². The lowest BCUT2D eigenvalue weighted by Crippen LogP contribution is -2.26. The summed E-state index contributed by atoms with van der Waals surface area (Å²) in [4.78, 5) is 3.32. The molecule has 0 atom stereocenters. The molecule has 0 bridgehead atoms. The molecule has 0 N–H and O–H groups in total. The average molecular weight is 399 g/mol. The van der Waals surface area contributed by atoms with E-state index in [9.17, 15) is 0 Å². The maximum Gasteiger partial charge on any atom is 0.137 e. The van der Waals surface area contributed by atoms with E-state index in [0.29, 0.717) is 11.6 Å². The van der Waals surface area contributed by atoms with Crippen LogP contribution in [0.1, 0.15) is 24.8 Å². The Kier molecular flexibility index (Phi) is 5.65. The first-order valence-electron chi connectivity index (χ1n) is 9.48. The van der Waals surface area contributed by atoms with Gasteiger partial charge in [-0.2, -0.15) is 0 Å². The minimum atomic E-state index is 0.627. The number of aromatic nitrogens is 1. The van der Waals surface area contributed by atoms with E-state index in [0.717, 1.165) is 36.8 Å². The van der Waals surface area contributed by atoms with Crippen molar-refractivity contribution in [3.8, 4) is 5.75 Å². The number of para-hydroxylation sites is 2. The van der Waals surface area contributed by atoms with E-state index in [2.05, 4.69) is 39.9 Å². The zero-order chi connectivity index (χ0) is 18.6. The Labute approximate surface area is 170 Å². The Balaban J connectivity index is 1.47. The summed E-state index contributed by atoms with van der Waals surface area (Å²) in [5.74, 6) is 0.743. The zero-order valence-electron chi connectivity index (χ0n) is 15.2. The number of rotatable bonds is 6. The van der Waals surface area contributed by atoms with Crippen LogP contribution in [0, 0.1) is 0 Å². The molecule has 27 heavy (non-hydrogen) atoms. The van der Waals surface area contributed by atoms with Crippen molar-refractivity contribution in [1.82, 2.24) is 9.47 Å². The fraction of sp³-hybridized carbons (Fsp3) is 0.318. The van der Waals surface area contributed by atoms with Gasteiger partial charge in [-0.1, -0.05) is 54.2 Å². The van der Waals surface area contributed by atoms with Crippen molar-refractivity contribution >= 4 is 39.7 Å². The van der Waals surface area contributed by atoms with Crippen LogP contribution in [0.4, 0.5) is 0 Å². The third-order valence-corrected chi connectivity index (χ3v) is 5.84. The molecule has 4 rings (SSSR count). The molecule has 140 valence electrons. The largest absolute Gasteiger partial charge is 0.492 e. The zero-order valence-corrected chi connectivity index (χ0v) is 16.8. The summed E-state index contributed by atoms with van der Waals surface area (Å²) in [6, 6.07) is 16.1.